The molecule has 4 nitrogen and oxygen atoms in total. The third-order valence-corrected chi connectivity index (χ3v) is 4.29. The van der Waals surface area contributed by atoms with E-state index in [9.17, 15) is 9.59 Å². The van der Waals surface area contributed by atoms with Gasteiger partial charge in [-0.15, -0.1) is 0 Å². The molecule has 1 heterocycles. The van der Waals surface area contributed by atoms with Crippen molar-refractivity contribution in [3.63, 3.8) is 0 Å². The molecule has 1 saturated heterocycles. The van der Waals surface area contributed by atoms with Gasteiger partial charge in [0, 0.05) is 6.42 Å². The van der Waals surface area contributed by atoms with Crippen molar-refractivity contribution < 1.29 is 9.59 Å². The fourth-order valence-corrected chi connectivity index (χ4v) is 3.21. The van der Waals surface area contributed by atoms with E-state index in [0.29, 0.717) is 6.42 Å². The van der Waals surface area contributed by atoms with Crippen molar-refractivity contribution in [2.45, 2.75) is 64.3 Å². The molecule has 0 N–H and O–H groups in total. The van der Waals surface area contributed by atoms with Crippen LogP contribution in [0.25, 0.3) is 0 Å². The molecule has 0 unspecified atom stereocenters. The van der Waals surface area contributed by atoms with Crippen LogP contribution in [0.2, 0.25) is 0 Å². The van der Waals surface area contributed by atoms with Gasteiger partial charge in [-0.2, -0.15) is 5.26 Å². The predicted octanol–water partition coefficient (Wildman–Crippen LogP) is 2.39. The van der Waals surface area contributed by atoms with Gasteiger partial charge >= 0.3 is 0 Å². The van der Waals surface area contributed by atoms with Crippen LogP contribution in [0.1, 0.15) is 58.8 Å². The van der Waals surface area contributed by atoms with Gasteiger partial charge in [-0.25, -0.2) is 0 Å². The summed E-state index contributed by atoms with van der Waals surface area (Å²) in [5.41, 5.74) is -1.52. The van der Waals surface area contributed by atoms with Crippen LogP contribution in [0, 0.1) is 16.7 Å². The van der Waals surface area contributed by atoms with E-state index in [2.05, 4.69) is 6.07 Å². The van der Waals surface area contributed by atoms with Crippen molar-refractivity contribution in [2.24, 2.45) is 5.41 Å². The highest BCUT2D eigenvalue weighted by Crippen LogP contribution is 2.46. The molecular formula is C14H20N2O2. The molecule has 2 fully saturated rings. The third-order valence-electron chi connectivity index (χ3n) is 4.29. The number of nitrogens with zero attached hydrogens (tertiary/aromatic N) is 2. The summed E-state index contributed by atoms with van der Waals surface area (Å²) in [6.07, 6.45) is 6.22. The van der Waals surface area contributed by atoms with E-state index in [1.54, 1.807) is 13.8 Å². The van der Waals surface area contributed by atoms with Gasteiger partial charge in [0.2, 0.25) is 11.8 Å². The molecule has 0 aromatic carbocycles. The standard InChI is InChI=1S/C14H20N2O2/c1-13(2,10-15)16-11(17)9-14(12(16)18)7-5-3-4-6-8-14/h3-9H2,1-2H3. The monoisotopic (exact) mass is 248 g/mol. The molecule has 0 atom stereocenters. The Morgan fingerprint density at radius 1 is 1.17 bits per heavy atom. The van der Waals surface area contributed by atoms with E-state index in [1.807, 2.05) is 0 Å². The first-order chi connectivity index (χ1) is 8.43. The quantitative estimate of drug-likeness (QED) is 0.669. The molecule has 1 aliphatic heterocycles. The van der Waals surface area contributed by atoms with Crippen LogP contribution in [0.15, 0.2) is 0 Å². The lowest BCUT2D eigenvalue weighted by Crippen LogP contribution is -2.48. The number of imide groups is 1. The molecule has 1 saturated carbocycles. The van der Waals surface area contributed by atoms with Crippen molar-refractivity contribution in [3.8, 4) is 6.07 Å². The maximum Gasteiger partial charge on any atom is 0.237 e. The van der Waals surface area contributed by atoms with Crippen LogP contribution in [0.3, 0.4) is 0 Å². The molecule has 18 heavy (non-hydrogen) atoms. The number of hydrogen-bond acceptors (Lipinski definition) is 3. The van der Waals surface area contributed by atoms with Gasteiger partial charge in [-0.3, -0.25) is 14.5 Å². The van der Waals surface area contributed by atoms with Gasteiger partial charge < -0.3 is 0 Å². The molecule has 2 aliphatic rings. The summed E-state index contributed by atoms with van der Waals surface area (Å²) in [5, 5.41) is 9.14. The maximum absolute atomic E-state index is 12.6. The average molecular weight is 248 g/mol. The van der Waals surface area contributed by atoms with E-state index in [1.165, 1.54) is 4.90 Å². The van der Waals surface area contributed by atoms with E-state index in [4.69, 9.17) is 5.26 Å². The Kier molecular flexibility index (Phi) is 3.18. The van der Waals surface area contributed by atoms with Crippen molar-refractivity contribution in [1.82, 2.24) is 4.90 Å². The first-order valence-corrected chi connectivity index (χ1v) is 6.72. The normalized spacial score (nSPS) is 24.2. The van der Waals surface area contributed by atoms with Crippen molar-refractivity contribution in [2.75, 3.05) is 0 Å². The Morgan fingerprint density at radius 2 is 1.72 bits per heavy atom. The minimum absolute atomic E-state index is 0.110. The van der Waals surface area contributed by atoms with Crippen LogP contribution in [-0.2, 0) is 9.59 Å². The van der Waals surface area contributed by atoms with Crippen molar-refractivity contribution in [1.29, 1.82) is 5.26 Å². The largest absolute Gasteiger partial charge is 0.274 e. The van der Waals surface area contributed by atoms with Crippen LogP contribution in [0.5, 0.6) is 0 Å². The summed E-state index contributed by atoms with van der Waals surface area (Å²) >= 11 is 0. The van der Waals surface area contributed by atoms with Gasteiger partial charge in [-0.1, -0.05) is 25.7 Å². The van der Waals surface area contributed by atoms with Crippen molar-refractivity contribution >= 4 is 11.8 Å². The second-order valence-corrected chi connectivity index (χ2v) is 6.08. The average Bonchev–Trinajstić information content (AvgIpc) is 2.49. The second kappa shape index (κ2) is 4.38. The summed E-state index contributed by atoms with van der Waals surface area (Å²) in [4.78, 5) is 25.9. The molecule has 0 bridgehead atoms. The van der Waals surface area contributed by atoms with E-state index >= 15 is 0 Å². The summed E-state index contributed by atoms with van der Waals surface area (Å²) in [6, 6.07) is 2.07. The molecule has 1 spiro atoms. The van der Waals surface area contributed by atoms with E-state index < -0.39 is 11.0 Å². The number of carbonyl (C=O) groups excluding carboxylic acids is 2. The lowest BCUT2D eigenvalue weighted by atomic mass is 9.79. The molecule has 4 heteroatoms. The SMILES string of the molecule is CC(C)(C#N)N1C(=O)CC2(CCCCCC2)C1=O. The summed E-state index contributed by atoms with van der Waals surface area (Å²) in [5.74, 6) is -0.283. The van der Waals surface area contributed by atoms with Gasteiger partial charge in [0.15, 0.2) is 0 Å². The van der Waals surface area contributed by atoms with E-state index in [0.717, 1.165) is 38.5 Å². The minimum atomic E-state index is -1.02. The maximum atomic E-state index is 12.6. The number of amides is 2. The second-order valence-electron chi connectivity index (χ2n) is 6.08. The Hall–Kier alpha value is -1.37. The summed E-state index contributed by atoms with van der Waals surface area (Å²) in [6.45, 7) is 3.27. The minimum Gasteiger partial charge on any atom is -0.274 e. The molecular weight excluding hydrogens is 228 g/mol. The van der Waals surface area contributed by atoms with Crippen LogP contribution < -0.4 is 0 Å². The third kappa shape index (κ3) is 1.92. The Labute approximate surface area is 108 Å². The molecule has 2 amide bonds. The van der Waals surface area contributed by atoms with Crippen LogP contribution in [0.4, 0.5) is 0 Å². The molecule has 0 radical (unpaired) electrons. The molecule has 2 rings (SSSR count). The number of likely N-dealkylation sites (tertiary alicyclic amines) is 1. The highest BCUT2D eigenvalue weighted by molar-refractivity contribution is 6.06. The van der Waals surface area contributed by atoms with Crippen LogP contribution >= 0.6 is 0 Å². The summed E-state index contributed by atoms with van der Waals surface area (Å²) < 4.78 is 0. The lowest BCUT2D eigenvalue weighted by molar-refractivity contribution is -0.145. The zero-order chi connectivity index (χ0) is 13.4. The zero-order valence-electron chi connectivity index (χ0n) is 11.2. The van der Waals surface area contributed by atoms with Gasteiger partial charge in [0.25, 0.3) is 0 Å². The van der Waals surface area contributed by atoms with Gasteiger partial charge in [-0.05, 0) is 26.7 Å². The Bertz CT molecular complexity index is 412. The first kappa shape index (κ1) is 13.1. The molecule has 0 aromatic heterocycles. The number of hydrogen-bond donors (Lipinski definition) is 0. The highest BCUT2D eigenvalue weighted by Gasteiger charge is 2.55. The van der Waals surface area contributed by atoms with Crippen LogP contribution in [-0.4, -0.2) is 22.3 Å². The van der Waals surface area contributed by atoms with Gasteiger partial charge in [0.05, 0.1) is 11.5 Å². The first-order valence-electron chi connectivity index (χ1n) is 6.72. The topological polar surface area (TPSA) is 61.2 Å². The fraction of sp³-hybridized carbons (Fsp3) is 0.786. The lowest BCUT2D eigenvalue weighted by Gasteiger charge is -2.30. The Balaban J connectivity index is 2.31. The van der Waals surface area contributed by atoms with E-state index in [-0.39, 0.29) is 11.8 Å². The zero-order valence-corrected chi connectivity index (χ0v) is 11.2. The number of carbonyl (C=O) groups is 2. The fourth-order valence-electron chi connectivity index (χ4n) is 3.21. The summed E-state index contributed by atoms with van der Waals surface area (Å²) in [7, 11) is 0. The molecule has 0 aromatic rings. The molecule has 1 aliphatic carbocycles. The number of rotatable bonds is 1. The van der Waals surface area contributed by atoms with Gasteiger partial charge in [0.1, 0.15) is 5.54 Å². The Morgan fingerprint density at radius 3 is 2.22 bits per heavy atom. The predicted molar refractivity (Wildman–Crippen MR) is 66.3 cm³/mol. The smallest absolute Gasteiger partial charge is 0.237 e. The van der Waals surface area contributed by atoms with Crippen molar-refractivity contribution in [3.05, 3.63) is 0 Å². The highest BCUT2D eigenvalue weighted by atomic mass is 16.2. The molecule has 98 valence electrons. The number of nitriles is 1.